The van der Waals surface area contributed by atoms with E-state index in [0.717, 1.165) is 0 Å². The van der Waals surface area contributed by atoms with Crippen molar-refractivity contribution in [1.29, 1.82) is 0 Å². The van der Waals surface area contributed by atoms with E-state index >= 15 is 0 Å². The summed E-state index contributed by atoms with van der Waals surface area (Å²) in [5.41, 5.74) is -0.420. The fraction of sp³-hybridized carbons (Fsp3) is 0.538. The number of benzene rings is 1. The van der Waals surface area contributed by atoms with E-state index in [4.69, 9.17) is 4.74 Å². The molecule has 0 bridgehead atoms. The molecule has 1 saturated heterocycles. The van der Waals surface area contributed by atoms with Gasteiger partial charge in [-0.25, -0.2) is 8.78 Å². The standard InChI is InChI=1S/C13H17F2NO/c1-17-11-5-3-2-4-10(11)13(12(14)15)6-8-16-9-7-13/h2-5,12,16H,6-9H2,1H3. The molecule has 0 unspecified atom stereocenters. The largest absolute Gasteiger partial charge is 0.496 e. The summed E-state index contributed by atoms with van der Waals surface area (Å²) in [4.78, 5) is 0. The second-order valence-corrected chi connectivity index (χ2v) is 4.41. The average Bonchev–Trinajstić information content (AvgIpc) is 2.39. The van der Waals surface area contributed by atoms with Gasteiger partial charge in [0, 0.05) is 5.56 Å². The van der Waals surface area contributed by atoms with Crippen molar-refractivity contribution in [3.05, 3.63) is 29.8 Å². The third kappa shape index (κ3) is 2.14. The van der Waals surface area contributed by atoms with Crippen LogP contribution in [-0.4, -0.2) is 26.6 Å². The summed E-state index contributed by atoms with van der Waals surface area (Å²) in [5, 5.41) is 3.13. The van der Waals surface area contributed by atoms with Gasteiger partial charge in [-0.1, -0.05) is 18.2 Å². The number of nitrogens with one attached hydrogen (secondary N) is 1. The minimum atomic E-state index is -2.36. The minimum Gasteiger partial charge on any atom is -0.496 e. The van der Waals surface area contributed by atoms with Crippen molar-refractivity contribution in [3.8, 4) is 5.75 Å². The third-order valence-electron chi connectivity index (χ3n) is 3.56. The van der Waals surface area contributed by atoms with E-state index in [0.29, 0.717) is 37.2 Å². The normalized spacial score (nSPS) is 19.3. The van der Waals surface area contributed by atoms with Crippen LogP contribution in [0.25, 0.3) is 0 Å². The quantitative estimate of drug-likeness (QED) is 0.878. The molecule has 0 spiro atoms. The first-order valence-corrected chi connectivity index (χ1v) is 5.83. The molecule has 2 rings (SSSR count). The van der Waals surface area contributed by atoms with Crippen LogP contribution in [0.2, 0.25) is 0 Å². The maximum atomic E-state index is 13.5. The molecular formula is C13H17F2NO. The maximum absolute atomic E-state index is 13.5. The lowest BCUT2D eigenvalue weighted by molar-refractivity contribution is 0.0282. The van der Waals surface area contributed by atoms with Crippen molar-refractivity contribution in [1.82, 2.24) is 5.32 Å². The van der Waals surface area contributed by atoms with Crippen LogP contribution in [0.3, 0.4) is 0 Å². The Balaban J connectivity index is 2.44. The molecule has 17 heavy (non-hydrogen) atoms. The van der Waals surface area contributed by atoms with E-state index in [2.05, 4.69) is 5.32 Å². The number of hydrogen-bond donors (Lipinski definition) is 1. The van der Waals surface area contributed by atoms with E-state index in [9.17, 15) is 8.78 Å². The van der Waals surface area contributed by atoms with Gasteiger partial charge in [0.25, 0.3) is 0 Å². The van der Waals surface area contributed by atoms with Gasteiger partial charge in [-0.2, -0.15) is 0 Å². The van der Waals surface area contributed by atoms with E-state index in [1.165, 1.54) is 7.11 Å². The van der Waals surface area contributed by atoms with Gasteiger partial charge in [0.15, 0.2) is 0 Å². The van der Waals surface area contributed by atoms with Crippen LogP contribution < -0.4 is 10.1 Å². The minimum absolute atomic E-state index is 0.449. The van der Waals surface area contributed by atoms with Crippen LogP contribution in [0.15, 0.2) is 24.3 Å². The second kappa shape index (κ2) is 5.00. The highest BCUT2D eigenvalue weighted by Crippen LogP contribution is 2.43. The van der Waals surface area contributed by atoms with Crippen molar-refractivity contribution in [2.24, 2.45) is 0 Å². The van der Waals surface area contributed by atoms with E-state index in [1.54, 1.807) is 18.2 Å². The van der Waals surface area contributed by atoms with Crippen molar-refractivity contribution < 1.29 is 13.5 Å². The zero-order chi connectivity index (χ0) is 12.3. The molecule has 1 fully saturated rings. The van der Waals surface area contributed by atoms with Crippen molar-refractivity contribution in [2.75, 3.05) is 20.2 Å². The Morgan fingerprint density at radius 2 is 1.88 bits per heavy atom. The summed E-state index contributed by atoms with van der Waals surface area (Å²) in [5.74, 6) is 0.565. The molecule has 4 heteroatoms. The molecular weight excluding hydrogens is 224 g/mol. The maximum Gasteiger partial charge on any atom is 0.248 e. The highest BCUT2D eigenvalue weighted by Gasteiger charge is 2.44. The SMILES string of the molecule is COc1ccccc1C1(C(F)F)CCNCC1. The van der Waals surface area contributed by atoms with Gasteiger partial charge in [-0.3, -0.25) is 0 Å². The molecule has 1 aliphatic heterocycles. The van der Waals surface area contributed by atoms with Gasteiger partial charge >= 0.3 is 0 Å². The summed E-state index contributed by atoms with van der Waals surface area (Å²) < 4.78 is 32.2. The second-order valence-electron chi connectivity index (χ2n) is 4.41. The Morgan fingerprint density at radius 3 is 2.47 bits per heavy atom. The van der Waals surface area contributed by atoms with Gasteiger partial charge in [-0.15, -0.1) is 0 Å². The van der Waals surface area contributed by atoms with E-state index in [-0.39, 0.29) is 0 Å². The van der Waals surface area contributed by atoms with Crippen LogP contribution in [-0.2, 0) is 5.41 Å². The number of rotatable bonds is 3. The average molecular weight is 241 g/mol. The van der Waals surface area contributed by atoms with Crippen LogP contribution >= 0.6 is 0 Å². The monoisotopic (exact) mass is 241 g/mol. The molecule has 1 aromatic rings. The van der Waals surface area contributed by atoms with Gasteiger partial charge in [0.1, 0.15) is 5.75 Å². The molecule has 0 aliphatic carbocycles. The fourth-order valence-corrected chi connectivity index (χ4v) is 2.53. The molecule has 94 valence electrons. The lowest BCUT2D eigenvalue weighted by Gasteiger charge is -2.38. The van der Waals surface area contributed by atoms with E-state index in [1.807, 2.05) is 6.07 Å². The Kier molecular flexibility index (Phi) is 3.62. The number of alkyl halides is 2. The van der Waals surface area contributed by atoms with Crippen LogP contribution in [0.4, 0.5) is 8.78 Å². The summed E-state index contributed by atoms with van der Waals surface area (Å²) in [6.07, 6.45) is -1.46. The first-order chi connectivity index (χ1) is 8.20. The number of para-hydroxylation sites is 1. The van der Waals surface area contributed by atoms with Crippen molar-refractivity contribution in [2.45, 2.75) is 24.7 Å². The lowest BCUT2D eigenvalue weighted by Crippen LogP contribution is -2.45. The predicted octanol–water partition coefficient (Wildman–Crippen LogP) is 2.58. The molecule has 0 saturated carbocycles. The predicted molar refractivity (Wildman–Crippen MR) is 62.8 cm³/mol. The highest BCUT2D eigenvalue weighted by molar-refractivity contribution is 5.40. The first-order valence-electron chi connectivity index (χ1n) is 5.83. The molecule has 0 atom stereocenters. The Hall–Kier alpha value is -1.16. The van der Waals surface area contributed by atoms with Gasteiger partial charge in [0.05, 0.1) is 12.5 Å². The Morgan fingerprint density at radius 1 is 1.24 bits per heavy atom. The Labute approximate surface area is 100.0 Å². The number of hydrogen-bond acceptors (Lipinski definition) is 2. The van der Waals surface area contributed by atoms with Crippen LogP contribution in [0.5, 0.6) is 5.75 Å². The molecule has 1 aliphatic rings. The molecule has 2 nitrogen and oxygen atoms in total. The molecule has 0 aromatic heterocycles. The number of piperidine rings is 1. The van der Waals surface area contributed by atoms with Crippen LogP contribution in [0.1, 0.15) is 18.4 Å². The summed E-state index contributed by atoms with van der Waals surface area (Å²) in [7, 11) is 1.53. The van der Waals surface area contributed by atoms with Gasteiger partial charge in [0.2, 0.25) is 6.43 Å². The molecule has 0 radical (unpaired) electrons. The van der Waals surface area contributed by atoms with Gasteiger partial charge in [-0.05, 0) is 32.0 Å². The molecule has 1 N–H and O–H groups in total. The summed E-state index contributed by atoms with van der Waals surface area (Å²) in [6.45, 7) is 1.25. The number of halogens is 2. The lowest BCUT2D eigenvalue weighted by atomic mass is 9.73. The third-order valence-corrected chi connectivity index (χ3v) is 3.56. The smallest absolute Gasteiger partial charge is 0.248 e. The zero-order valence-corrected chi connectivity index (χ0v) is 9.88. The summed E-state index contributed by atoms with van der Waals surface area (Å²) in [6, 6.07) is 7.12. The van der Waals surface area contributed by atoms with Crippen molar-refractivity contribution >= 4 is 0 Å². The topological polar surface area (TPSA) is 21.3 Å². The highest BCUT2D eigenvalue weighted by atomic mass is 19.3. The molecule has 1 aromatic carbocycles. The summed E-state index contributed by atoms with van der Waals surface area (Å²) >= 11 is 0. The van der Waals surface area contributed by atoms with Crippen molar-refractivity contribution in [3.63, 3.8) is 0 Å². The van der Waals surface area contributed by atoms with E-state index < -0.39 is 11.8 Å². The fourth-order valence-electron chi connectivity index (χ4n) is 2.53. The number of methoxy groups -OCH3 is 1. The molecule has 0 amide bonds. The van der Waals surface area contributed by atoms with Crippen LogP contribution in [0, 0.1) is 0 Å². The zero-order valence-electron chi connectivity index (χ0n) is 9.88. The number of ether oxygens (including phenoxy) is 1. The molecule has 1 heterocycles. The first kappa shape index (κ1) is 12.3. The Bertz CT molecular complexity index is 375. The van der Waals surface area contributed by atoms with Gasteiger partial charge < -0.3 is 10.1 Å².